The van der Waals surface area contributed by atoms with Gasteiger partial charge in [0.25, 0.3) is 0 Å². The highest BCUT2D eigenvalue weighted by Gasteiger charge is 2.21. The molecular weight excluding hydrogens is 178 g/mol. The van der Waals surface area contributed by atoms with Crippen LogP contribution < -0.4 is 0 Å². The lowest BCUT2D eigenvalue weighted by Gasteiger charge is -2.35. The summed E-state index contributed by atoms with van der Waals surface area (Å²) in [6, 6.07) is 0. The summed E-state index contributed by atoms with van der Waals surface area (Å²) in [5.41, 5.74) is -0.158. The molecular formula is C10H10BOP-. The normalized spacial score (nSPS) is 22.2. The van der Waals surface area contributed by atoms with E-state index in [1.165, 1.54) is 0 Å². The highest BCUT2D eigenvalue weighted by Crippen LogP contribution is 2.54. The summed E-state index contributed by atoms with van der Waals surface area (Å²) in [5.74, 6) is 0. The van der Waals surface area contributed by atoms with Gasteiger partial charge in [-0.25, -0.2) is 0 Å². The van der Waals surface area contributed by atoms with Crippen LogP contribution in [0.4, 0.5) is 0 Å². The van der Waals surface area contributed by atoms with Crippen molar-refractivity contribution in [3.63, 3.8) is 0 Å². The molecule has 0 N–H and O–H groups in total. The van der Waals surface area contributed by atoms with Gasteiger partial charge in [0, 0.05) is 11.3 Å². The Labute approximate surface area is 79.7 Å². The summed E-state index contributed by atoms with van der Waals surface area (Å²) >= 11 is 0. The Morgan fingerprint density at radius 1 is 0.846 bits per heavy atom. The van der Waals surface area contributed by atoms with Gasteiger partial charge in [-0.05, 0) is 0 Å². The largest absolute Gasteiger partial charge is 0.519 e. The molecule has 0 heterocycles. The molecule has 0 aliphatic heterocycles. The minimum Gasteiger partial charge on any atom is -0.519 e. The number of hydrogen-bond donors (Lipinski definition) is 0. The van der Waals surface area contributed by atoms with E-state index in [9.17, 15) is 4.57 Å². The molecule has 0 bridgehead atoms. The number of hydrogen-bond acceptors (Lipinski definition) is 1. The van der Waals surface area contributed by atoms with Crippen LogP contribution in [0.25, 0.3) is 0 Å². The zero-order valence-corrected chi connectivity index (χ0v) is 8.10. The predicted molar refractivity (Wildman–Crippen MR) is 57.5 cm³/mol. The average molecular weight is 188 g/mol. The molecule has 0 saturated heterocycles. The molecule has 0 spiro atoms. The SMILES string of the molecule is [B-]P(=O)(C1C=CC=C1)C1C=CC=C1. The fourth-order valence-electron chi connectivity index (χ4n) is 1.58. The first-order chi connectivity index (χ1) is 6.21. The molecule has 3 radical (unpaired) electrons. The molecule has 13 heavy (non-hydrogen) atoms. The van der Waals surface area contributed by atoms with Crippen molar-refractivity contribution in [2.75, 3.05) is 0 Å². The Bertz CT molecular complexity index is 309. The molecule has 0 aromatic rings. The van der Waals surface area contributed by atoms with Crippen LogP contribution in [-0.4, -0.2) is 18.9 Å². The van der Waals surface area contributed by atoms with Crippen LogP contribution in [0.3, 0.4) is 0 Å². The standard InChI is InChI=1S/C10H10BOP/c11-13(12,9-5-1-2-6-9)10-7-3-4-8-10/h1-10H/q-1. The van der Waals surface area contributed by atoms with E-state index in [0.29, 0.717) is 0 Å². The molecule has 2 aliphatic rings. The maximum absolute atomic E-state index is 12.2. The lowest BCUT2D eigenvalue weighted by Crippen LogP contribution is -2.10. The van der Waals surface area contributed by atoms with Crippen molar-refractivity contribution in [3.05, 3.63) is 48.6 Å². The molecule has 0 saturated carbocycles. The van der Waals surface area contributed by atoms with E-state index in [1.54, 1.807) is 0 Å². The van der Waals surface area contributed by atoms with Crippen LogP contribution in [0.15, 0.2) is 48.6 Å². The van der Waals surface area contributed by atoms with Gasteiger partial charge < -0.3 is 12.1 Å². The fraction of sp³-hybridized carbons (Fsp3) is 0.200. The summed E-state index contributed by atoms with van der Waals surface area (Å²) < 4.78 is 12.2. The topological polar surface area (TPSA) is 17.1 Å². The molecule has 3 heteroatoms. The van der Waals surface area contributed by atoms with Crippen LogP contribution in [0.1, 0.15) is 0 Å². The molecule has 65 valence electrons. The van der Waals surface area contributed by atoms with Crippen molar-refractivity contribution < 1.29 is 4.57 Å². The lowest BCUT2D eigenvalue weighted by atomic mass is 10.4. The number of rotatable bonds is 2. The Kier molecular flexibility index (Phi) is 2.17. The first-order valence-electron chi connectivity index (χ1n) is 4.29. The van der Waals surface area contributed by atoms with Crippen LogP contribution in [0.5, 0.6) is 0 Å². The summed E-state index contributed by atoms with van der Waals surface area (Å²) in [6.07, 6.45) is 15.2. The van der Waals surface area contributed by atoms with Crippen LogP contribution in [0, 0.1) is 0 Å². The van der Waals surface area contributed by atoms with Crippen LogP contribution in [0.2, 0.25) is 0 Å². The third-order valence-electron chi connectivity index (χ3n) is 2.39. The third kappa shape index (κ3) is 1.51. The van der Waals surface area contributed by atoms with Crippen molar-refractivity contribution in [3.8, 4) is 0 Å². The van der Waals surface area contributed by atoms with Crippen molar-refractivity contribution in [1.29, 1.82) is 0 Å². The third-order valence-corrected chi connectivity index (χ3v) is 4.94. The van der Waals surface area contributed by atoms with Gasteiger partial charge in [-0.1, -0.05) is 48.6 Å². The second-order valence-electron chi connectivity index (χ2n) is 3.28. The van der Waals surface area contributed by atoms with Gasteiger partial charge in [0.1, 0.15) is 0 Å². The summed E-state index contributed by atoms with van der Waals surface area (Å²) in [4.78, 5) is 0. The average Bonchev–Trinajstić information content (AvgIpc) is 2.78. The number of allylic oxidation sites excluding steroid dienone is 8. The second-order valence-corrected chi connectivity index (χ2v) is 6.00. The Balaban J connectivity index is 2.24. The Morgan fingerprint density at radius 3 is 1.46 bits per heavy atom. The van der Waals surface area contributed by atoms with E-state index >= 15 is 0 Å². The Morgan fingerprint density at radius 2 is 1.15 bits per heavy atom. The summed E-state index contributed by atoms with van der Waals surface area (Å²) in [7, 11) is 3.24. The van der Waals surface area contributed by atoms with Crippen molar-refractivity contribution in [1.82, 2.24) is 0 Å². The van der Waals surface area contributed by atoms with Gasteiger partial charge in [-0.15, -0.1) is 7.02 Å². The molecule has 0 fully saturated rings. The van der Waals surface area contributed by atoms with Gasteiger partial charge in [0.2, 0.25) is 0 Å². The minimum absolute atomic E-state index is 0.0788. The van der Waals surface area contributed by atoms with Crippen LogP contribution in [-0.2, 0) is 4.57 Å². The lowest BCUT2D eigenvalue weighted by molar-refractivity contribution is 0.582. The van der Waals surface area contributed by atoms with Crippen molar-refractivity contribution >= 4 is 14.6 Å². The summed E-state index contributed by atoms with van der Waals surface area (Å²) in [6.45, 7) is 0. The molecule has 0 amide bonds. The Hall–Kier alpha value is -0.745. The van der Waals surface area contributed by atoms with Gasteiger partial charge >= 0.3 is 0 Å². The predicted octanol–water partition coefficient (Wildman–Crippen LogP) is 2.42. The highest BCUT2D eigenvalue weighted by atomic mass is 31.2. The molecule has 0 unspecified atom stereocenters. The molecule has 1 nitrogen and oxygen atoms in total. The van der Waals surface area contributed by atoms with Crippen molar-refractivity contribution in [2.45, 2.75) is 11.3 Å². The van der Waals surface area contributed by atoms with E-state index in [2.05, 4.69) is 0 Å². The van der Waals surface area contributed by atoms with Gasteiger partial charge in [0.15, 0.2) is 0 Å². The van der Waals surface area contributed by atoms with Gasteiger partial charge in [0.05, 0.1) is 0 Å². The van der Waals surface area contributed by atoms with Gasteiger partial charge in [-0.2, -0.15) is 0 Å². The van der Waals surface area contributed by atoms with Crippen molar-refractivity contribution in [2.24, 2.45) is 0 Å². The van der Waals surface area contributed by atoms with E-state index in [1.807, 2.05) is 48.6 Å². The maximum Gasteiger partial charge on any atom is 0.00978 e. The van der Waals surface area contributed by atoms with E-state index < -0.39 is 7.02 Å². The molecule has 0 aromatic carbocycles. The smallest absolute Gasteiger partial charge is 0.00978 e. The second kappa shape index (κ2) is 3.19. The maximum atomic E-state index is 12.2. The zero-order valence-electron chi connectivity index (χ0n) is 7.21. The first kappa shape index (κ1) is 8.84. The summed E-state index contributed by atoms with van der Waals surface area (Å²) in [5, 5.41) is 0. The quantitative estimate of drug-likeness (QED) is 0.480. The minimum atomic E-state index is -2.64. The van der Waals surface area contributed by atoms with Crippen LogP contribution >= 0.6 is 7.02 Å². The first-order valence-corrected chi connectivity index (χ1v) is 6.20. The van der Waals surface area contributed by atoms with E-state index in [4.69, 9.17) is 7.57 Å². The fourth-order valence-corrected chi connectivity index (χ4v) is 3.45. The molecule has 2 aliphatic carbocycles. The highest BCUT2D eigenvalue weighted by molar-refractivity contribution is 7.89. The zero-order chi connectivity index (χ0) is 9.31. The molecule has 2 rings (SSSR count). The molecule has 0 aromatic heterocycles. The van der Waals surface area contributed by atoms with Gasteiger partial charge in [-0.3, -0.25) is 0 Å². The molecule has 0 atom stereocenters. The monoisotopic (exact) mass is 188 g/mol. The van der Waals surface area contributed by atoms with E-state index in [-0.39, 0.29) is 11.3 Å². The van der Waals surface area contributed by atoms with E-state index in [0.717, 1.165) is 0 Å².